The number of hydrogen-bond acceptors (Lipinski definition) is 3. The van der Waals surface area contributed by atoms with Crippen LogP contribution >= 0.6 is 27.3 Å². The van der Waals surface area contributed by atoms with E-state index in [9.17, 15) is 0 Å². The number of anilines is 2. The number of alkyl halides is 1. The maximum absolute atomic E-state index is 5.94. The number of nitrogens with two attached hydrogens (primary N) is 2. The Morgan fingerprint density at radius 2 is 2.08 bits per heavy atom. The number of thiophene rings is 1. The van der Waals surface area contributed by atoms with E-state index in [0.29, 0.717) is 0 Å². The number of fused-ring (bicyclic) bond motifs is 1. The predicted molar refractivity (Wildman–Crippen MR) is 63.3 cm³/mol. The Morgan fingerprint density at radius 1 is 1.31 bits per heavy atom. The third kappa shape index (κ3) is 1.40. The van der Waals surface area contributed by atoms with E-state index in [2.05, 4.69) is 15.9 Å². The first-order chi connectivity index (χ1) is 6.22. The summed E-state index contributed by atoms with van der Waals surface area (Å²) in [4.78, 5) is 1.17. The minimum atomic E-state index is 0.787. The van der Waals surface area contributed by atoms with E-state index in [0.717, 1.165) is 26.8 Å². The first-order valence-electron chi connectivity index (χ1n) is 3.84. The van der Waals surface area contributed by atoms with Crippen LogP contribution in [0.1, 0.15) is 4.88 Å². The quantitative estimate of drug-likeness (QED) is 0.609. The molecule has 1 heterocycles. The Morgan fingerprint density at radius 3 is 2.77 bits per heavy atom. The minimum Gasteiger partial charge on any atom is -0.399 e. The summed E-state index contributed by atoms with van der Waals surface area (Å²) >= 11 is 5.09. The highest BCUT2D eigenvalue weighted by Crippen LogP contribution is 2.35. The van der Waals surface area contributed by atoms with E-state index >= 15 is 0 Å². The van der Waals surface area contributed by atoms with E-state index < -0.39 is 0 Å². The summed E-state index contributed by atoms with van der Waals surface area (Å²) in [6, 6.07) is 5.81. The lowest BCUT2D eigenvalue weighted by atomic mass is 10.2. The lowest BCUT2D eigenvalue weighted by Gasteiger charge is -1.93. The first kappa shape index (κ1) is 8.84. The summed E-state index contributed by atoms with van der Waals surface area (Å²) < 4.78 is 1.16. The van der Waals surface area contributed by atoms with Gasteiger partial charge >= 0.3 is 0 Å². The van der Waals surface area contributed by atoms with Crippen molar-refractivity contribution < 1.29 is 0 Å². The minimum absolute atomic E-state index is 0.787. The van der Waals surface area contributed by atoms with Crippen molar-refractivity contribution in [2.45, 2.75) is 5.33 Å². The molecule has 0 saturated carbocycles. The van der Waals surface area contributed by atoms with E-state index in [1.54, 1.807) is 11.3 Å². The second-order valence-electron chi connectivity index (χ2n) is 2.83. The van der Waals surface area contributed by atoms with Gasteiger partial charge in [-0.15, -0.1) is 11.3 Å². The molecule has 0 atom stereocenters. The molecule has 0 unspecified atom stereocenters. The lowest BCUT2D eigenvalue weighted by molar-refractivity contribution is 1.59. The third-order valence-electron chi connectivity index (χ3n) is 1.95. The standard InChI is InChI=1S/C9H9BrN2S/c10-4-8-9(12)6-2-1-5(11)3-7(6)13-8/h1-3H,4,11-12H2. The maximum atomic E-state index is 5.94. The monoisotopic (exact) mass is 256 g/mol. The molecule has 0 fully saturated rings. The van der Waals surface area contributed by atoms with Crippen LogP contribution in [0.3, 0.4) is 0 Å². The SMILES string of the molecule is Nc1ccc2c(N)c(CBr)sc2c1. The fourth-order valence-corrected chi connectivity index (χ4v) is 2.95. The lowest BCUT2D eigenvalue weighted by Crippen LogP contribution is -1.86. The van der Waals surface area contributed by atoms with Gasteiger partial charge in [-0.05, 0) is 18.2 Å². The van der Waals surface area contributed by atoms with Gasteiger partial charge in [-0.3, -0.25) is 0 Å². The number of halogens is 1. The maximum Gasteiger partial charge on any atom is 0.0544 e. The molecule has 2 nitrogen and oxygen atoms in total. The van der Waals surface area contributed by atoms with Gasteiger partial charge in [0.1, 0.15) is 0 Å². The Balaban J connectivity index is 2.76. The Bertz CT molecular complexity index is 450. The summed E-state index contributed by atoms with van der Waals surface area (Å²) in [7, 11) is 0. The average Bonchev–Trinajstić information content (AvgIpc) is 2.42. The van der Waals surface area contributed by atoms with E-state index in [-0.39, 0.29) is 0 Å². The molecule has 13 heavy (non-hydrogen) atoms. The van der Waals surface area contributed by atoms with E-state index in [1.807, 2.05) is 18.2 Å². The largest absolute Gasteiger partial charge is 0.399 e. The van der Waals surface area contributed by atoms with Crippen LogP contribution in [0.25, 0.3) is 10.1 Å². The van der Waals surface area contributed by atoms with Crippen molar-refractivity contribution in [3.8, 4) is 0 Å². The summed E-state index contributed by atoms with van der Waals surface area (Å²) in [5.74, 6) is 0. The highest BCUT2D eigenvalue weighted by Gasteiger charge is 2.07. The molecule has 68 valence electrons. The highest BCUT2D eigenvalue weighted by molar-refractivity contribution is 9.08. The molecule has 1 aromatic carbocycles. The van der Waals surface area contributed by atoms with Crippen molar-refractivity contribution in [2.75, 3.05) is 11.5 Å². The molecule has 0 radical (unpaired) electrons. The number of hydrogen-bond donors (Lipinski definition) is 2. The van der Waals surface area contributed by atoms with Gasteiger partial charge in [0.2, 0.25) is 0 Å². The molecule has 0 amide bonds. The molecule has 4 N–H and O–H groups in total. The van der Waals surface area contributed by atoms with Crippen LogP contribution in [0, 0.1) is 0 Å². The molecule has 0 spiro atoms. The molecule has 0 aliphatic carbocycles. The summed E-state index contributed by atoms with van der Waals surface area (Å²) in [5, 5.41) is 1.91. The fraction of sp³-hybridized carbons (Fsp3) is 0.111. The molecule has 0 aliphatic rings. The Hall–Kier alpha value is -0.740. The molecule has 0 saturated heterocycles. The van der Waals surface area contributed by atoms with Gasteiger partial charge in [-0.1, -0.05) is 15.9 Å². The van der Waals surface area contributed by atoms with Crippen molar-refractivity contribution in [1.29, 1.82) is 0 Å². The van der Waals surface area contributed by atoms with Crippen LogP contribution in [-0.4, -0.2) is 0 Å². The van der Waals surface area contributed by atoms with E-state index in [1.165, 1.54) is 4.88 Å². The molecule has 0 bridgehead atoms. The molecule has 1 aromatic heterocycles. The van der Waals surface area contributed by atoms with Gasteiger partial charge in [0.05, 0.1) is 5.69 Å². The molecule has 4 heteroatoms. The highest BCUT2D eigenvalue weighted by atomic mass is 79.9. The van der Waals surface area contributed by atoms with Gasteiger partial charge in [0.15, 0.2) is 0 Å². The van der Waals surface area contributed by atoms with Crippen LogP contribution in [0.15, 0.2) is 18.2 Å². The third-order valence-corrected chi connectivity index (χ3v) is 4.05. The van der Waals surface area contributed by atoms with Crippen LogP contribution in [0.5, 0.6) is 0 Å². The predicted octanol–water partition coefficient (Wildman–Crippen LogP) is 2.96. The zero-order chi connectivity index (χ0) is 9.42. The van der Waals surface area contributed by atoms with Gasteiger partial charge in [0, 0.05) is 26.0 Å². The first-order valence-corrected chi connectivity index (χ1v) is 5.78. The van der Waals surface area contributed by atoms with Crippen LogP contribution in [0.2, 0.25) is 0 Å². The number of rotatable bonds is 1. The topological polar surface area (TPSA) is 52.0 Å². The number of benzene rings is 1. The second kappa shape index (κ2) is 3.20. The Labute approximate surface area is 88.7 Å². The second-order valence-corrected chi connectivity index (χ2v) is 4.53. The summed E-state index contributed by atoms with van der Waals surface area (Å²) in [6.45, 7) is 0. The molecular weight excluding hydrogens is 248 g/mol. The molecule has 2 aromatic rings. The summed E-state index contributed by atoms with van der Waals surface area (Å²) in [5.41, 5.74) is 13.3. The van der Waals surface area contributed by atoms with Crippen molar-refractivity contribution in [1.82, 2.24) is 0 Å². The van der Waals surface area contributed by atoms with Gasteiger partial charge in [-0.25, -0.2) is 0 Å². The van der Waals surface area contributed by atoms with Crippen molar-refractivity contribution in [3.05, 3.63) is 23.1 Å². The van der Waals surface area contributed by atoms with Gasteiger partial charge < -0.3 is 11.5 Å². The molecular formula is C9H9BrN2S. The van der Waals surface area contributed by atoms with Gasteiger partial charge in [0.25, 0.3) is 0 Å². The molecule has 2 rings (SSSR count). The fourth-order valence-electron chi connectivity index (χ4n) is 1.28. The van der Waals surface area contributed by atoms with Crippen LogP contribution < -0.4 is 11.5 Å². The Kier molecular flexibility index (Phi) is 2.17. The van der Waals surface area contributed by atoms with Crippen LogP contribution in [-0.2, 0) is 5.33 Å². The molecule has 0 aliphatic heterocycles. The van der Waals surface area contributed by atoms with Gasteiger partial charge in [-0.2, -0.15) is 0 Å². The normalized spacial score (nSPS) is 10.8. The van der Waals surface area contributed by atoms with Crippen molar-refractivity contribution >= 4 is 48.7 Å². The average molecular weight is 257 g/mol. The van der Waals surface area contributed by atoms with Crippen molar-refractivity contribution in [2.24, 2.45) is 0 Å². The van der Waals surface area contributed by atoms with Crippen molar-refractivity contribution in [3.63, 3.8) is 0 Å². The zero-order valence-electron chi connectivity index (χ0n) is 6.88. The van der Waals surface area contributed by atoms with Crippen LogP contribution in [0.4, 0.5) is 11.4 Å². The number of nitrogen functional groups attached to an aromatic ring is 2. The zero-order valence-corrected chi connectivity index (χ0v) is 9.28. The smallest absolute Gasteiger partial charge is 0.0544 e. The van der Waals surface area contributed by atoms with E-state index in [4.69, 9.17) is 11.5 Å². The summed E-state index contributed by atoms with van der Waals surface area (Å²) in [6.07, 6.45) is 0.